The summed E-state index contributed by atoms with van der Waals surface area (Å²) in [6, 6.07) is 7.08. The predicted molar refractivity (Wildman–Crippen MR) is 121 cm³/mol. The molecule has 0 unspecified atom stereocenters. The summed E-state index contributed by atoms with van der Waals surface area (Å²) in [6.07, 6.45) is 3.87. The Hall–Kier alpha value is -3.18. The molecule has 1 aromatic carbocycles. The molecule has 33 heavy (non-hydrogen) atoms. The Morgan fingerprint density at radius 3 is 2.88 bits per heavy atom. The number of fused-ring (bicyclic) bond motifs is 1. The van der Waals surface area contributed by atoms with E-state index >= 15 is 0 Å². The number of esters is 1. The van der Waals surface area contributed by atoms with Crippen molar-refractivity contribution in [2.75, 3.05) is 26.4 Å². The summed E-state index contributed by atoms with van der Waals surface area (Å²) in [5.41, 5.74) is 4.28. The molecular formula is C25H30N4O4. The van der Waals surface area contributed by atoms with Gasteiger partial charge >= 0.3 is 5.97 Å². The lowest BCUT2D eigenvalue weighted by molar-refractivity contribution is 0.0160. The highest BCUT2D eigenvalue weighted by Crippen LogP contribution is 2.37. The molecule has 1 amide bonds. The number of nitrogens with zero attached hydrogens (tertiary/aromatic N) is 3. The zero-order chi connectivity index (χ0) is 23.4. The second kappa shape index (κ2) is 9.75. The molecule has 0 atom stereocenters. The summed E-state index contributed by atoms with van der Waals surface area (Å²) in [5.74, 6) is -0.502. The minimum absolute atomic E-state index is 0.00582. The van der Waals surface area contributed by atoms with Crippen molar-refractivity contribution >= 4 is 11.9 Å². The summed E-state index contributed by atoms with van der Waals surface area (Å²) in [6.45, 7) is 6.76. The van der Waals surface area contributed by atoms with Gasteiger partial charge in [0.05, 0.1) is 29.5 Å². The lowest BCUT2D eigenvalue weighted by Crippen LogP contribution is -2.40. The third-order valence-electron chi connectivity index (χ3n) is 6.76. The number of aryl methyl sites for hydroxylation is 3. The maximum absolute atomic E-state index is 12.9. The van der Waals surface area contributed by atoms with Gasteiger partial charge in [-0.25, -0.2) is 4.79 Å². The van der Waals surface area contributed by atoms with E-state index in [9.17, 15) is 9.59 Å². The molecular weight excluding hydrogens is 420 g/mol. The van der Waals surface area contributed by atoms with E-state index in [2.05, 4.69) is 11.4 Å². The maximum Gasteiger partial charge on any atom is 0.338 e. The fraction of sp³-hybridized carbons (Fsp3) is 0.520. The first-order valence-corrected chi connectivity index (χ1v) is 11.6. The van der Waals surface area contributed by atoms with Gasteiger partial charge in [0.1, 0.15) is 5.69 Å². The van der Waals surface area contributed by atoms with Crippen LogP contribution < -0.4 is 5.32 Å². The molecule has 1 saturated heterocycles. The van der Waals surface area contributed by atoms with Crippen LogP contribution in [0.2, 0.25) is 0 Å². The van der Waals surface area contributed by atoms with Gasteiger partial charge < -0.3 is 14.8 Å². The van der Waals surface area contributed by atoms with Gasteiger partial charge in [0.15, 0.2) is 0 Å². The van der Waals surface area contributed by atoms with Gasteiger partial charge in [0.2, 0.25) is 0 Å². The molecule has 8 heteroatoms. The number of nitrogens with one attached hydrogen (secondary N) is 1. The Bertz CT molecular complexity index is 1090. The molecule has 1 N–H and O–H groups in total. The van der Waals surface area contributed by atoms with Crippen molar-refractivity contribution in [1.29, 1.82) is 5.26 Å². The van der Waals surface area contributed by atoms with E-state index in [1.54, 1.807) is 22.9 Å². The standard InChI is InChI=1S/C25H30N4O4/c1-3-29-22-20(14-25(16-27-23(22)30)8-11-32-12-9-25)21(28-29)5-4-10-33-24(31)18-7-6-17(2)19(13-18)15-26/h6-7,13H,3-5,8-12,14,16H2,1-2H3,(H,27,30). The molecule has 1 spiro atoms. The van der Waals surface area contributed by atoms with Crippen LogP contribution in [0.15, 0.2) is 18.2 Å². The van der Waals surface area contributed by atoms with Crippen LogP contribution in [0, 0.1) is 23.7 Å². The SMILES string of the molecule is CCn1nc(CCCOC(=O)c2ccc(C)c(C#N)c2)c2c1C(=O)NCC1(CCOCC1)C2. The molecule has 0 saturated carbocycles. The van der Waals surface area contributed by atoms with Crippen LogP contribution in [0.3, 0.4) is 0 Å². The van der Waals surface area contributed by atoms with E-state index in [1.807, 2.05) is 13.8 Å². The fourth-order valence-corrected chi connectivity index (χ4v) is 4.72. The molecule has 4 rings (SSSR count). The van der Waals surface area contributed by atoms with Gasteiger partial charge in [0.25, 0.3) is 5.91 Å². The maximum atomic E-state index is 12.9. The third-order valence-corrected chi connectivity index (χ3v) is 6.76. The minimum atomic E-state index is -0.440. The van der Waals surface area contributed by atoms with Gasteiger partial charge in [-0.1, -0.05) is 6.07 Å². The number of carbonyl (C=O) groups is 2. The van der Waals surface area contributed by atoms with Crippen molar-refractivity contribution in [1.82, 2.24) is 15.1 Å². The number of nitriles is 1. The number of aromatic nitrogens is 2. The first kappa shape index (κ1) is 23.0. The second-order valence-electron chi connectivity index (χ2n) is 8.94. The average Bonchev–Trinajstić information content (AvgIpc) is 3.11. The summed E-state index contributed by atoms with van der Waals surface area (Å²) >= 11 is 0. The summed E-state index contributed by atoms with van der Waals surface area (Å²) in [5, 5.41) is 17.0. The predicted octanol–water partition coefficient (Wildman–Crippen LogP) is 2.96. The van der Waals surface area contributed by atoms with Crippen molar-refractivity contribution in [2.45, 2.75) is 52.5 Å². The monoisotopic (exact) mass is 450 g/mol. The molecule has 0 aliphatic carbocycles. The van der Waals surface area contributed by atoms with E-state index in [-0.39, 0.29) is 17.9 Å². The molecule has 3 heterocycles. The Morgan fingerprint density at radius 2 is 2.15 bits per heavy atom. The van der Waals surface area contributed by atoms with Crippen LogP contribution in [0.25, 0.3) is 0 Å². The van der Waals surface area contributed by atoms with Crippen LogP contribution >= 0.6 is 0 Å². The van der Waals surface area contributed by atoms with Crippen molar-refractivity contribution in [3.05, 3.63) is 51.8 Å². The highest BCUT2D eigenvalue weighted by molar-refractivity contribution is 5.95. The Kier molecular flexibility index (Phi) is 6.80. The largest absolute Gasteiger partial charge is 0.462 e. The van der Waals surface area contributed by atoms with Crippen molar-refractivity contribution < 1.29 is 19.1 Å². The van der Waals surface area contributed by atoms with Gasteiger partial charge in [-0.05, 0) is 69.1 Å². The number of rotatable bonds is 6. The third kappa shape index (κ3) is 4.79. The van der Waals surface area contributed by atoms with Crippen LogP contribution in [-0.4, -0.2) is 48.0 Å². The number of hydrogen-bond donors (Lipinski definition) is 1. The van der Waals surface area contributed by atoms with E-state index < -0.39 is 5.97 Å². The van der Waals surface area contributed by atoms with Crippen LogP contribution in [0.5, 0.6) is 0 Å². The molecule has 2 aromatic rings. The molecule has 1 fully saturated rings. The number of hydrogen-bond acceptors (Lipinski definition) is 6. The van der Waals surface area contributed by atoms with E-state index in [4.69, 9.17) is 19.8 Å². The lowest BCUT2D eigenvalue weighted by Gasteiger charge is -2.36. The average molecular weight is 451 g/mol. The highest BCUT2D eigenvalue weighted by atomic mass is 16.5. The Labute approximate surface area is 193 Å². The van der Waals surface area contributed by atoms with Gasteiger partial charge in [-0.15, -0.1) is 0 Å². The first-order valence-electron chi connectivity index (χ1n) is 11.6. The van der Waals surface area contributed by atoms with Crippen LogP contribution in [-0.2, 0) is 28.9 Å². The van der Waals surface area contributed by atoms with E-state index in [0.29, 0.717) is 56.0 Å². The molecule has 174 valence electrons. The smallest absolute Gasteiger partial charge is 0.338 e. The zero-order valence-electron chi connectivity index (χ0n) is 19.3. The minimum Gasteiger partial charge on any atom is -0.462 e. The Balaban J connectivity index is 1.44. The Morgan fingerprint density at radius 1 is 1.36 bits per heavy atom. The fourth-order valence-electron chi connectivity index (χ4n) is 4.72. The van der Waals surface area contributed by atoms with Gasteiger partial charge in [-0.2, -0.15) is 10.4 Å². The molecule has 1 aromatic heterocycles. The normalized spacial score (nSPS) is 17.1. The van der Waals surface area contributed by atoms with Crippen molar-refractivity contribution in [3.63, 3.8) is 0 Å². The zero-order valence-corrected chi connectivity index (χ0v) is 19.3. The van der Waals surface area contributed by atoms with Crippen molar-refractivity contribution in [2.24, 2.45) is 5.41 Å². The number of ether oxygens (including phenoxy) is 2. The van der Waals surface area contributed by atoms with Crippen LogP contribution in [0.4, 0.5) is 0 Å². The van der Waals surface area contributed by atoms with E-state index in [1.165, 1.54) is 0 Å². The molecule has 0 radical (unpaired) electrons. The topological polar surface area (TPSA) is 106 Å². The van der Waals surface area contributed by atoms with Crippen molar-refractivity contribution in [3.8, 4) is 6.07 Å². The summed E-state index contributed by atoms with van der Waals surface area (Å²) in [7, 11) is 0. The second-order valence-corrected chi connectivity index (χ2v) is 8.94. The molecule has 0 bridgehead atoms. The van der Waals surface area contributed by atoms with Gasteiger partial charge in [0, 0.05) is 31.9 Å². The summed E-state index contributed by atoms with van der Waals surface area (Å²) < 4.78 is 12.8. The molecule has 8 nitrogen and oxygen atoms in total. The molecule has 2 aliphatic rings. The lowest BCUT2D eigenvalue weighted by atomic mass is 9.75. The van der Waals surface area contributed by atoms with E-state index in [0.717, 1.165) is 36.1 Å². The highest BCUT2D eigenvalue weighted by Gasteiger charge is 2.39. The number of amides is 1. The quantitative estimate of drug-likeness (QED) is 0.536. The first-order chi connectivity index (χ1) is 16.0. The number of benzene rings is 1. The van der Waals surface area contributed by atoms with Gasteiger partial charge in [-0.3, -0.25) is 9.48 Å². The van der Waals surface area contributed by atoms with Crippen LogP contribution in [0.1, 0.15) is 69.4 Å². The summed E-state index contributed by atoms with van der Waals surface area (Å²) in [4.78, 5) is 25.3. The molecule has 2 aliphatic heterocycles. The number of carbonyl (C=O) groups excluding carboxylic acids is 2.